The van der Waals surface area contributed by atoms with Gasteiger partial charge in [0.15, 0.2) is 5.65 Å². The highest BCUT2D eigenvalue weighted by atomic mass is 16.5. The molecule has 0 atom stereocenters. The van der Waals surface area contributed by atoms with Gasteiger partial charge >= 0.3 is 5.97 Å². The number of nitrogens with zero attached hydrogens (tertiary/aromatic N) is 4. The van der Waals surface area contributed by atoms with E-state index in [2.05, 4.69) is 15.2 Å². The zero-order valence-corrected chi connectivity index (χ0v) is 15.2. The smallest absolute Gasteiger partial charge is 0.306 e. The Hall–Kier alpha value is -2.70. The van der Waals surface area contributed by atoms with Crippen LogP contribution in [0, 0.1) is 34.6 Å². The number of aryl methyl sites for hydroxylation is 5. The molecule has 7 heteroatoms. The molecule has 25 heavy (non-hydrogen) atoms. The molecule has 0 fully saturated rings. The van der Waals surface area contributed by atoms with Gasteiger partial charge in [0.2, 0.25) is 0 Å². The number of ether oxygens (including phenoxy) is 1. The minimum Gasteiger partial charge on any atom is -0.461 e. The standard InChI is InChI=1S/C18H22N4O3/c1-10-8-17-19-11(2)15(13(4)22(17)20-10)6-7-18(23)24-9-16-12(3)21-25-14(16)5/h8H,6-7,9H2,1-5H3. The van der Waals surface area contributed by atoms with Gasteiger partial charge in [-0.3, -0.25) is 4.79 Å². The summed E-state index contributed by atoms with van der Waals surface area (Å²) < 4.78 is 12.3. The summed E-state index contributed by atoms with van der Waals surface area (Å²) in [5, 5.41) is 8.31. The molecule has 132 valence electrons. The summed E-state index contributed by atoms with van der Waals surface area (Å²) in [6, 6.07) is 1.95. The monoisotopic (exact) mass is 342 g/mol. The third-order valence-corrected chi connectivity index (χ3v) is 4.42. The van der Waals surface area contributed by atoms with Crippen molar-refractivity contribution in [2.75, 3.05) is 0 Å². The number of hydrogen-bond acceptors (Lipinski definition) is 6. The lowest BCUT2D eigenvalue weighted by Crippen LogP contribution is -2.10. The van der Waals surface area contributed by atoms with Crippen molar-refractivity contribution in [3.63, 3.8) is 0 Å². The lowest BCUT2D eigenvalue weighted by molar-refractivity contribution is -0.144. The summed E-state index contributed by atoms with van der Waals surface area (Å²) in [6.45, 7) is 9.73. The molecule has 0 spiro atoms. The van der Waals surface area contributed by atoms with Gasteiger partial charge in [0.1, 0.15) is 12.4 Å². The number of carbonyl (C=O) groups is 1. The quantitative estimate of drug-likeness (QED) is 0.663. The Balaban J connectivity index is 1.67. The van der Waals surface area contributed by atoms with E-state index in [0.29, 0.717) is 18.6 Å². The van der Waals surface area contributed by atoms with E-state index in [1.807, 2.05) is 45.2 Å². The van der Waals surface area contributed by atoms with E-state index in [-0.39, 0.29) is 12.6 Å². The van der Waals surface area contributed by atoms with Crippen LogP contribution in [0.15, 0.2) is 10.6 Å². The predicted octanol–water partition coefficient (Wildman–Crippen LogP) is 2.94. The first-order valence-corrected chi connectivity index (χ1v) is 8.26. The molecule has 0 bridgehead atoms. The molecule has 3 heterocycles. The first-order chi connectivity index (χ1) is 11.9. The molecule has 0 aliphatic heterocycles. The van der Waals surface area contributed by atoms with Crippen LogP contribution in [0.1, 0.15) is 46.1 Å². The van der Waals surface area contributed by atoms with Crippen molar-refractivity contribution in [1.82, 2.24) is 19.8 Å². The van der Waals surface area contributed by atoms with Crippen molar-refractivity contribution in [1.29, 1.82) is 0 Å². The molecular weight excluding hydrogens is 320 g/mol. The maximum atomic E-state index is 12.1. The maximum absolute atomic E-state index is 12.1. The molecule has 7 nitrogen and oxygen atoms in total. The van der Waals surface area contributed by atoms with Gasteiger partial charge in [0.25, 0.3) is 0 Å². The topological polar surface area (TPSA) is 82.5 Å². The average Bonchev–Trinajstić information content (AvgIpc) is 3.07. The molecule has 0 saturated carbocycles. The molecule has 0 N–H and O–H groups in total. The van der Waals surface area contributed by atoms with E-state index in [4.69, 9.17) is 9.26 Å². The van der Waals surface area contributed by atoms with Crippen LogP contribution in [0.5, 0.6) is 0 Å². The summed E-state index contributed by atoms with van der Waals surface area (Å²) in [5.41, 5.74) is 6.29. The van der Waals surface area contributed by atoms with Crippen molar-refractivity contribution >= 4 is 11.6 Å². The molecule has 3 aromatic heterocycles. The number of aromatic nitrogens is 4. The minimum absolute atomic E-state index is 0.188. The summed E-state index contributed by atoms with van der Waals surface area (Å²) >= 11 is 0. The second-order valence-corrected chi connectivity index (χ2v) is 6.28. The van der Waals surface area contributed by atoms with E-state index in [0.717, 1.165) is 39.5 Å². The molecule has 0 aromatic carbocycles. The van der Waals surface area contributed by atoms with Crippen LogP contribution in [-0.4, -0.2) is 25.7 Å². The molecule has 0 aliphatic carbocycles. The summed E-state index contributed by atoms with van der Waals surface area (Å²) in [4.78, 5) is 16.7. The summed E-state index contributed by atoms with van der Waals surface area (Å²) in [7, 11) is 0. The number of hydrogen-bond donors (Lipinski definition) is 0. The number of esters is 1. The minimum atomic E-state index is -0.254. The zero-order valence-electron chi connectivity index (χ0n) is 15.2. The second-order valence-electron chi connectivity index (χ2n) is 6.28. The van der Waals surface area contributed by atoms with Crippen molar-refractivity contribution in [3.05, 3.63) is 45.7 Å². The lowest BCUT2D eigenvalue weighted by atomic mass is 10.1. The van der Waals surface area contributed by atoms with E-state index in [1.54, 1.807) is 0 Å². The van der Waals surface area contributed by atoms with Gasteiger partial charge in [-0.25, -0.2) is 9.50 Å². The Kier molecular flexibility index (Phi) is 4.57. The van der Waals surface area contributed by atoms with Gasteiger partial charge in [0, 0.05) is 23.9 Å². The Labute approximate surface area is 146 Å². The lowest BCUT2D eigenvalue weighted by Gasteiger charge is -2.11. The number of rotatable bonds is 5. The first kappa shape index (κ1) is 17.1. The van der Waals surface area contributed by atoms with Crippen LogP contribution < -0.4 is 0 Å². The Morgan fingerprint density at radius 1 is 1.16 bits per heavy atom. The largest absolute Gasteiger partial charge is 0.461 e. The third-order valence-electron chi connectivity index (χ3n) is 4.42. The number of carbonyl (C=O) groups excluding carboxylic acids is 1. The van der Waals surface area contributed by atoms with E-state index in [1.165, 1.54) is 0 Å². The molecule has 0 amide bonds. The van der Waals surface area contributed by atoms with Gasteiger partial charge in [-0.1, -0.05) is 5.16 Å². The van der Waals surface area contributed by atoms with Gasteiger partial charge in [-0.2, -0.15) is 5.10 Å². The summed E-state index contributed by atoms with van der Waals surface area (Å²) in [5.74, 6) is 0.427. The molecule has 3 rings (SSSR count). The SMILES string of the molecule is Cc1cc2nc(C)c(CCC(=O)OCc3c(C)noc3C)c(C)n2n1. The second kappa shape index (κ2) is 6.66. The Morgan fingerprint density at radius 2 is 1.92 bits per heavy atom. The Morgan fingerprint density at radius 3 is 2.60 bits per heavy atom. The van der Waals surface area contributed by atoms with Gasteiger partial charge < -0.3 is 9.26 Å². The van der Waals surface area contributed by atoms with Crippen molar-refractivity contribution in [2.45, 2.75) is 54.1 Å². The fourth-order valence-electron chi connectivity index (χ4n) is 2.96. The molecule has 0 saturated heterocycles. The predicted molar refractivity (Wildman–Crippen MR) is 91.3 cm³/mol. The third kappa shape index (κ3) is 3.40. The van der Waals surface area contributed by atoms with Crippen molar-refractivity contribution in [2.24, 2.45) is 0 Å². The van der Waals surface area contributed by atoms with Gasteiger partial charge in [-0.05, 0) is 46.6 Å². The zero-order chi connectivity index (χ0) is 18.1. The van der Waals surface area contributed by atoms with Crippen LogP contribution in [0.2, 0.25) is 0 Å². The fourth-order valence-corrected chi connectivity index (χ4v) is 2.96. The van der Waals surface area contributed by atoms with Crippen molar-refractivity contribution in [3.8, 4) is 0 Å². The van der Waals surface area contributed by atoms with E-state index >= 15 is 0 Å². The van der Waals surface area contributed by atoms with Crippen molar-refractivity contribution < 1.29 is 14.1 Å². The average molecular weight is 342 g/mol. The molecule has 0 unspecified atom stereocenters. The highest BCUT2D eigenvalue weighted by Gasteiger charge is 2.15. The van der Waals surface area contributed by atoms with E-state index in [9.17, 15) is 4.79 Å². The highest BCUT2D eigenvalue weighted by molar-refractivity contribution is 5.70. The first-order valence-electron chi connectivity index (χ1n) is 8.26. The fraction of sp³-hybridized carbons (Fsp3) is 0.444. The highest BCUT2D eigenvalue weighted by Crippen LogP contribution is 2.18. The van der Waals surface area contributed by atoms with Crippen LogP contribution in [0.4, 0.5) is 0 Å². The maximum Gasteiger partial charge on any atom is 0.306 e. The Bertz CT molecular complexity index is 920. The molecule has 3 aromatic rings. The molecule has 0 radical (unpaired) electrons. The van der Waals surface area contributed by atoms with Crippen LogP contribution in [0.3, 0.4) is 0 Å². The van der Waals surface area contributed by atoms with Gasteiger partial charge in [-0.15, -0.1) is 0 Å². The van der Waals surface area contributed by atoms with Crippen LogP contribution in [0.25, 0.3) is 5.65 Å². The van der Waals surface area contributed by atoms with E-state index < -0.39 is 0 Å². The van der Waals surface area contributed by atoms with Crippen LogP contribution >= 0.6 is 0 Å². The van der Waals surface area contributed by atoms with Gasteiger partial charge in [0.05, 0.1) is 17.0 Å². The normalized spacial score (nSPS) is 11.2. The molecular formula is C18H22N4O3. The summed E-state index contributed by atoms with van der Waals surface area (Å²) in [6.07, 6.45) is 0.860. The van der Waals surface area contributed by atoms with Crippen LogP contribution in [-0.2, 0) is 22.6 Å². The molecule has 0 aliphatic rings. The number of fused-ring (bicyclic) bond motifs is 1.